The Morgan fingerprint density at radius 2 is 1.74 bits per heavy atom. The minimum atomic E-state index is 0. The van der Waals surface area contributed by atoms with Crippen molar-refractivity contribution in [3.63, 3.8) is 0 Å². The van der Waals surface area contributed by atoms with Crippen LogP contribution < -0.4 is 5.73 Å². The van der Waals surface area contributed by atoms with Gasteiger partial charge in [-0.3, -0.25) is 4.79 Å². The van der Waals surface area contributed by atoms with Gasteiger partial charge in [0.25, 0.3) is 5.91 Å². The molecule has 3 rings (SSSR count). The quantitative estimate of drug-likeness (QED) is 0.806. The molecule has 1 aliphatic rings. The highest BCUT2D eigenvalue weighted by atomic mass is 35.5. The fourth-order valence-electron chi connectivity index (χ4n) is 2.56. The third-order valence-corrected chi connectivity index (χ3v) is 5.35. The molecule has 1 aromatic heterocycles. The maximum absolute atomic E-state index is 12.5. The Morgan fingerprint density at radius 1 is 1.13 bits per heavy atom. The minimum absolute atomic E-state index is 0. The molecular weight excluding hydrogens is 375 g/mol. The van der Waals surface area contributed by atoms with E-state index in [0.717, 1.165) is 41.2 Å². The van der Waals surface area contributed by atoms with Crippen LogP contribution in [0.4, 0.5) is 0 Å². The van der Waals surface area contributed by atoms with Gasteiger partial charge in [0.15, 0.2) is 0 Å². The van der Waals surface area contributed by atoms with Crippen molar-refractivity contribution in [1.29, 1.82) is 0 Å². The highest BCUT2D eigenvalue weighted by molar-refractivity contribution is 7.17. The van der Waals surface area contributed by atoms with Gasteiger partial charge in [0, 0.05) is 34.1 Å². The number of hydrogen-bond donors (Lipinski definition) is 1. The van der Waals surface area contributed by atoms with Crippen molar-refractivity contribution < 1.29 is 4.79 Å². The molecule has 1 saturated heterocycles. The van der Waals surface area contributed by atoms with Crippen LogP contribution in [0.15, 0.2) is 30.3 Å². The fraction of sp³-hybridized carbons (Fsp3) is 0.312. The van der Waals surface area contributed by atoms with Crippen LogP contribution in [0.5, 0.6) is 0 Å². The van der Waals surface area contributed by atoms with Crippen molar-refractivity contribution in [3.05, 3.63) is 45.3 Å². The summed E-state index contributed by atoms with van der Waals surface area (Å²) in [5.41, 5.74) is 6.82. The number of nitrogens with zero attached hydrogens (tertiary/aromatic N) is 1. The van der Waals surface area contributed by atoms with Crippen LogP contribution in [0.25, 0.3) is 10.4 Å². The molecule has 3 nitrogen and oxygen atoms in total. The molecule has 0 aliphatic carbocycles. The number of piperidine rings is 1. The Hall–Kier alpha value is -0.780. The molecule has 124 valence electrons. The van der Waals surface area contributed by atoms with Gasteiger partial charge in [-0.05, 0) is 48.7 Å². The standard InChI is InChI=1S/C16H16Cl2N2OS.ClH/c17-11-7-10(8-12(18)9-11)14-1-2-15(22-14)16(21)20-5-3-13(19)4-6-20;/h1-2,7-9,13H,3-6,19H2;1H. The van der Waals surface area contributed by atoms with E-state index in [1.54, 1.807) is 6.07 Å². The van der Waals surface area contributed by atoms with Gasteiger partial charge in [-0.2, -0.15) is 0 Å². The number of halogens is 3. The van der Waals surface area contributed by atoms with Gasteiger partial charge in [0.1, 0.15) is 0 Å². The van der Waals surface area contributed by atoms with Crippen molar-refractivity contribution in [2.75, 3.05) is 13.1 Å². The summed E-state index contributed by atoms with van der Waals surface area (Å²) in [4.78, 5) is 16.1. The zero-order valence-corrected chi connectivity index (χ0v) is 15.4. The second kappa shape index (κ2) is 7.86. The average Bonchev–Trinajstić information content (AvgIpc) is 2.96. The second-order valence-electron chi connectivity index (χ2n) is 5.45. The second-order valence-corrected chi connectivity index (χ2v) is 7.41. The summed E-state index contributed by atoms with van der Waals surface area (Å²) >= 11 is 13.5. The molecule has 1 aliphatic heterocycles. The lowest BCUT2D eigenvalue weighted by molar-refractivity contribution is 0.0719. The molecule has 2 aromatic rings. The van der Waals surface area contributed by atoms with Crippen LogP contribution in [-0.4, -0.2) is 29.9 Å². The van der Waals surface area contributed by atoms with E-state index in [1.807, 2.05) is 29.2 Å². The monoisotopic (exact) mass is 390 g/mol. The van der Waals surface area contributed by atoms with Gasteiger partial charge in [0.2, 0.25) is 0 Å². The summed E-state index contributed by atoms with van der Waals surface area (Å²) in [5.74, 6) is 0.0799. The lowest BCUT2D eigenvalue weighted by Crippen LogP contribution is -2.42. The zero-order valence-electron chi connectivity index (χ0n) is 12.3. The van der Waals surface area contributed by atoms with Crippen molar-refractivity contribution in [2.24, 2.45) is 5.73 Å². The predicted octanol–water partition coefficient (Wildman–Crippen LogP) is 4.71. The number of likely N-dealkylation sites (tertiary alicyclic amines) is 1. The summed E-state index contributed by atoms with van der Waals surface area (Å²) in [6.45, 7) is 1.46. The van der Waals surface area contributed by atoms with Crippen molar-refractivity contribution >= 4 is 52.9 Å². The van der Waals surface area contributed by atoms with Crippen LogP contribution in [0.3, 0.4) is 0 Å². The SMILES string of the molecule is Cl.NC1CCN(C(=O)c2ccc(-c3cc(Cl)cc(Cl)c3)s2)CC1. The maximum atomic E-state index is 12.5. The van der Waals surface area contributed by atoms with E-state index < -0.39 is 0 Å². The molecule has 0 atom stereocenters. The molecule has 0 unspecified atom stereocenters. The summed E-state index contributed by atoms with van der Waals surface area (Å²) in [6.07, 6.45) is 1.74. The lowest BCUT2D eigenvalue weighted by atomic mass is 10.1. The smallest absolute Gasteiger partial charge is 0.263 e. The number of nitrogens with two attached hydrogens (primary N) is 1. The molecule has 2 heterocycles. The Kier molecular flexibility index (Phi) is 6.34. The van der Waals surface area contributed by atoms with E-state index in [-0.39, 0.29) is 24.4 Å². The molecule has 0 spiro atoms. The largest absolute Gasteiger partial charge is 0.338 e. The van der Waals surface area contributed by atoms with Crippen LogP contribution in [-0.2, 0) is 0 Å². The number of benzene rings is 1. The molecule has 1 amide bonds. The molecule has 7 heteroatoms. The third-order valence-electron chi connectivity index (χ3n) is 3.79. The first-order chi connectivity index (χ1) is 10.5. The summed E-state index contributed by atoms with van der Waals surface area (Å²) in [5, 5.41) is 1.18. The summed E-state index contributed by atoms with van der Waals surface area (Å²) in [7, 11) is 0. The molecule has 1 aromatic carbocycles. The average molecular weight is 392 g/mol. The van der Waals surface area contributed by atoms with Crippen LogP contribution >= 0.6 is 46.9 Å². The third kappa shape index (κ3) is 4.40. The number of hydrogen-bond acceptors (Lipinski definition) is 3. The highest BCUT2D eigenvalue weighted by Gasteiger charge is 2.22. The van der Waals surface area contributed by atoms with E-state index >= 15 is 0 Å². The fourth-order valence-corrected chi connectivity index (χ4v) is 4.05. The number of carbonyl (C=O) groups excluding carboxylic acids is 1. The molecule has 2 N–H and O–H groups in total. The van der Waals surface area contributed by atoms with E-state index in [1.165, 1.54) is 11.3 Å². The van der Waals surface area contributed by atoms with Crippen LogP contribution in [0.2, 0.25) is 10.0 Å². The first-order valence-electron chi connectivity index (χ1n) is 7.14. The van der Waals surface area contributed by atoms with Crippen LogP contribution in [0, 0.1) is 0 Å². The number of rotatable bonds is 2. The topological polar surface area (TPSA) is 46.3 Å². The minimum Gasteiger partial charge on any atom is -0.338 e. The van der Waals surface area contributed by atoms with Gasteiger partial charge < -0.3 is 10.6 Å². The molecular formula is C16H17Cl3N2OS. The number of thiophene rings is 1. The molecule has 0 bridgehead atoms. The maximum Gasteiger partial charge on any atom is 0.263 e. The van der Waals surface area contributed by atoms with Gasteiger partial charge in [-0.25, -0.2) is 0 Å². The first-order valence-corrected chi connectivity index (χ1v) is 8.71. The van der Waals surface area contributed by atoms with Crippen molar-refractivity contribution in [2.45, 2.75) is 18.9 Å². The highest BCUT2D eigenvalue weighted by Crippen LogP contribution is 2.33. The van der Waals surface area contributed by atoms with Gasteiger partial charge in [-0.1, -0.05) is 23.2 Å². The Bertz CT molecular complexity index is 676. The van der Waals surface area contributed by atoms with E-state index in [4.69, 9.17) is 28.9 Å². The molecule has 1 fully saturated rings. The Morgan fingerprint density at radius 3 is 2.35 bits per heavy atom. The first kappa shape index (κ1) is 18.6. The lowest BCUT2D eigenvalue weighted by Gasteiger charge is -2.29. The normalized spacial score (nSPS) is 15.3. The predicted molar refractivity (Wildman–Crippen MR) is 100 cm³/mol. The molecule has 0 saturated carbocycles. The number of carbonyl (C=O) groups is 1. The Labute approximate surface area is 155 Å². The van der Waals surface area contributed by atoms with E-state index in [2.05, 4.69) is 0 Å². The van der Waals surface area contributed by atoms with E-state index in [0.29, 0.717) is 10.0 Å². The van der Waals surface area contributed by atoms with Crippen molar-refractivity contribution in [3.8, 4) is 10.4 Å². The summed E-state index contributed by atoms with van der Waals surface area (Å²) in [6, 6.07) is 9.43. The zero-order chi connectivity index (χ0) is 15.7. The van der Waals surface area contributed by atoms with Crippen molar-refractivity contribution in [1.82, 2.24) is 4.90 Å². The van der Waals surface area contributed by atoms with Gasteiger partial charge >= 0.3 is 0 Å². The van der Waals surface area contributed by atoms with Crippen LogP contribution in [0.1, 0.15) is 22.5 Å². The molecule has 23 heavy (non-hydrogen) atoms. The van der Waals surface area contributed by atoms with Gasteiger partial charge in [0.05, 0.1) is 4.88 Å². The number of amides is 1. The molecule has 0 radical (unpaired) electrons. The summed E-state index contributed by atoms with van der Waals surface area (Å²) < 4.78 is 0. The Balaban J connectivity index is 0.00000192. The van der Waals surface area contributed by atoms with E-state index in [9.17, 15) is 4.79 Å². The van der Waals surface area contributed by atoms with Gasteiger partial charge in [-0.15, -0.1) is 23.7 Å².